The van der Waals surface area contributed by atoms with E-state index in [2.05, 4.69) is 15.5 Å². The Morgan fingerprint density at radius 1 is 1.45 bits per heavy atom. The number of halogens is 1. The summed E-state index contributed by atoms with van der Waals surface area (Å²) in [6.07, 6.45) is 0.650. The van der Waals surface area contributed by atoms with Crippen molar-refractivity contribution in [2.24, 2.45) is 11.7 Å². The topological polar surface area (TPSA) is 90.1 Å². The lowest BCUT2D eigenvalue weighted by Crippen LogP contribution is -2.26. The minimum atomic E-state index is -0.240. The SMILES string of the molecule is COc1cccc(Cc2nnc(NC(=O)C(C)CN)s2)c1.Cl. The van der Waals surface area contributed by atoms with Crippen LogP contribution in [0.15, 0.2) is 24.3 Å². The summed E-state index contributed by atoms with van der Waals surface area (Å²) in [7, 11) is 1.64. The smallest absolute Gasteiger partial charge is 0.230 e. The lowest BCUT2D eigenvalue weighted by molar-refractivity contribution is -0.119. The normalized spacial score (nSPS) is 11.4. The average Bonchev–Trinajstić information content (AvgIpc) is 2.93. The number of amides is 1. The number of aromatic nitrogens is 2. The lowest BCUT2D eigenvalue weighted by atomic mass is 10.1. The maximum absolute atomic E-state index is 11.7. The van der Waals surface area contributed by atoms with Crippen molar-refractivity contribution in [3.63, 3.8) is 0 Å². The van der Waals surface area contributed by atoms with Crippen molar-refractivity contribution in [2.45, 2.75) is 13.3 Å². The molecule has 1 amide bonds. The number of nitrogens with two attached hydrogens (primary N) is 1. The van der Waals surface area contributed by atoms with Crippen molar-refractivity contribution in [1.82, 2.24) is 10.2 Å². The van der Waals surface area contributed by atoms with Crippen LogP contribution in [0.25, 0.3) is 0 Å². The third-order valence-corrected chi connectivity index (χ3v) is 3.83. The van der Waals surface area contributed by atoms with Gasteiger partial charge in [0.2, 0.25) is 11.0 Å². The number of carbonyl (C=O) groups excluding carboxylic acids is 1. The van der Waals surface area contributed by atoms with Crippen LogP contribution in [0.3, 0.4) is 0 Å². The number of hydrogen-bond acceptors (Lipinski definition) is 6. The van der Waals surface area contributed by atoms with Gasteiger partial charge in [0.1, 0.15) is 10.8 Å². The van der Waals surface area contributed by atoms with E-state index in [9.17, 15) is 4.79 Å². The Labute approximate surface area is 139 Å². The van der Waals surface area contributed by atoms with Crippen LogP contribution >= 0.6 is 23.7 Å². The van der Waals surface area contributed by atoms with Crippen LogP contribution < -0.4 is 15.8 Å². The Morgan fingerprint density at radius 2 is 2.23 bits per heavy atom. The largest absolute Gasteiger partial charge is 0.497 e. The van der Waals surface area contributed by atoms with E-state index in [0.29, 0.717) is 18.1 Å². The highest BCUT2D eigenvalue weighted by Crippen LogP contribution is 2.21. The van der Waals surface area contributed by atoms with Gasteiger partial charge in [-0.05, 0) is 17.7 Å². The Bertz CT molecular complexity index is 620. The molecule has 1 unspecified atom stereocenters. The first-order valence-electron chi connectivity index (χ1n) is 6.58. The number of carbonyl (C=O) groups is 1. The molecule has 0 fully saturated rings. The van der Waals surface area contributed by atoms with Crippen molar-refractivity contribution >= 4 is 34.8 Å². The molecule has 0 bridgehead atoms. The molecule has 3 N–H and O–H groups in total. The predicted octanol–water partition coefficient (Wildman–Crippen LogP) is 2.09. The molecule has 8 heteroatoms. The summed E-state index contributed by atoms with van der Waals surface area (Å²) in [5.74, 6) is 0.430. The second-order valence-electron chi connectivity index (χ2n) is 4.66. The van der Waals surface area contributed by atoms with Gasteiger partial charge < -0.3 is 15.8 Å². The molecule has 0 aliphatic heterocycles. The van der Waals surface area contributed by atoms with Crippen molar-refractivity contribution in [3.05, 3.63) is 34.8 Å². The molecular formula is C14H19ClN4O2S. The Kier molecular flexibility index (Phi) is 7.23. The summed E-state index contributed by atoms with van der Waals surface area (Å²) in [5.41, 5.74) is 6.54. The number of rotatable bonds is 6. The van der Waals surface area contributed by atoms with Gasteiger partial charge in [0, 0.05) is 18.9 Å². The van der Waals surface area contributed by atoms with Crippen LogP contribution in [0.4, 0.5) is 5.13 Å². The molecule has 2 rings (SSSR count). The van der Waals surface area contributed by atoms with Crippen LogP contribution in [0.1, 0.15) is 17.5 Å². The highest BCUT2D eigenvalue weighted by atomic mass is 35.5. The molecule has 22 heavy (non-hydrogen) atoms. The molecule has 0 radical (unpaired) electrons. The second-order valence-corrected chi connectivity index (χ2v) is 5.72. The number of hydrogen-bond donors (Lipinski definition) is 2. The molecule has 0 aliphatic carbocycles. The van der Waals surface area contributed by atoms with Crippen LogP contribution in [0.2, 0.25) is 0 Å². The maximum Gasteiger partial charge on any atom is 0.230 e. The second kappa shape index (κ2) is 8.67. The quantitative estimate of drug-likeness (QED) is 0.839. The highest BCUT2D eigenvalue weighted by Gasteiger charge is 2.13. The number of ether oxygens (including phenoxy) is 1. The van der Waals surface area contributed by atoms with Gasteiger partial charge in [-0.25, -0.2) is 0 Å². The van der Waals surface area contributed by atoms with E-state index in [1.54, 1.807) is 14.0 Å². The summed E-state index contributed by atoms with van der Waals surface area (Å²) in [6, 6.07) is 7.78. The summed E-state index contributed by atoms with van der Waals surface area (Å²) in [6.45, 7) is 2.08. The Balaban J connectivity index is 0.00000242. The molecule has 6 nitrogen and oxygen atoms in total. The molecule has 0 spiro atoms. The fourth-order valence-electron chi connectivity index (χ4n) is 1.67. The lowest BCUT2D eigenvalue weighted by Gasteiger charge is -2.06. The molecule has 1 aromatic heterocycles. The van der Waals surface area contributed by atoms with Gasteiger partial charge >= 0.3 is 0 Å². The van der Waals surface area contributed by atoms with Gasteiger partial charge in [-0.15, -0.1) is 22.6 Å². The first kappa shape index (κ1) is 18.3. The van der Waals surface area contributed by atoms with Crippen LogP contribution in [0.5, 0.6) is 5.75 Å². The zero-order valence-corrected chi connectivity index (χ0v) is 14.0. The molecule has 1 atom stereocenters. The van der Waals surface area contributed by atoms with Crippen molar-refractivity contribution < 1.29 is 9.53 Å². The first-order chi connectivity index (χ1) is 10.1. The third kappa shape index (κ3) is 4.94. The first-order valence-corrected chi connectivity index (χ1v) is 7.40. The standard InChI is InChI=1S/C14H18N4O2S.ClH/c1-9(8-15)13(19)16-14-18-17-12(21-14)7-10-4-3-5-11(6-10)20-2;/h3-6,9H,7-8,15H2,1-2H3,(H,16,18,19);1H. The van der Waals surface area contributed by atoms with E-state index in [1.807, 2.05) is 24.3 Å². The number of nitrogens with one attached hydrogen (secondary N) is 1. The minimum Gasteiger partial charge on any atom is -0.497 e. The van der Waals surface area contributed by atoms with E-state index >= 15 is 0 Å². The predicted molar refractivity (Wildman–Crippen MR) is 89.8 cm³/mol. The average molecular weight is 343 g/mol. The monoisotopic (exact) mass is 342 g/mol. The molecule has 1 aromatic carbocycles. The molecule has 0 saturated heterocycles. The fourth-order valence-corrected chi connectivity index (χ4v) is 2.45. The van der Waals surface area contributed by atoms with Gasteiger partial charge in [0.25, 0.3) is 0 Å². The van der Waals surface area contributed by atoms with E-state index in [1.165, 1.54) is 11.3 Å². The summed E-state index contributed by atoms with van der Waals surface area (Å²) >= 11 is 1.36. The molecular weight excluding hydrogens is 324 g/mol. The highest BCUT2D eigenvalue weighted by molar-refractivity contribution is 7.15. The summed E-state index contributed by atoms with van der Waals surface area (Å²) in [5, 5.41) is 12.1. The maximum atomic E-state index is 11.7. The van der Waals surface area contributed by atoms with Crippen molar-refractivity contribution in [2.75, 3.05) is 19.0 Å². The number of methoxy groups -OCH3 is 1. The molecule has 0 saturated carbocycles. The van der Waals surface area contributed by atoms with Crippen molar-refractivity contribution in [1.29, 1.82) is 0 Å². The third-order valence-electron chi connectivity index (χ3n) is 2.99. The summed E-state index contributed by atoms with van der Waals surface area (Å²) in [4.78, 5) is 11.7. The van der Waals surface area contributed by atoms with Crippen molar-refractivity contribution in [3.8, 4) is 5.75 Å². The minimum absolute atomic E-state index is 0. The van der Waals surface area contributed by atoms with Crippen LogP contribution in [-0.4, -0.2) is 29.8 Å². The fraction of sp³-hybridized carbons (Fsp3) is 0.357. The van der Waals surface area contributed by atoms with Crippen LogP contribution in [-0.2, 0) is 11.2 Å². The zero-order valence-electron chi connectivity index (χ0n) is 12.4. The molecule has 2 aromatic rings. The van der Waals surface area contributed by atoms with E-state index in [4.69, 9.17) is 10.5 Å². The Morgan fingerprint density at radius 3 is 2.91 bits per heavy atom. The molecule has 0 aliphatic rings. The van der Waals surface area contributed by atoms with Gasteiger partial charge in [-0.1, -0.05) is 30.4 Å². The Hall–Kier alpha value is -1.70. The zero-order chi connectivity index (χ0) is 15.2. The number of benzene rings is 1. The van der Waals surface area contributed by atoms with E-state index < -0.39 is 0 Å². The van der Waals surface area contributed by atoms with E-state index in [0.717, 1.165) is 16.3 Å². The van der Waals surface area contributed by atoms with E-state index in [-0.39, 0.29) is 24.2 Å². The summed E-state index contributed by atoms with van der Waals surface area (Å²) < 4.78 is 5.19. The van der Waals surface area contributed by atoms with Crippen LogP contribution in [0, 0.1) is 5.92 Å². The molecule has 1 heterocycles. The number of anilines is 1. The van der Waals surface area contributed by atoms with Gasteiger partial charge in [0.15, 0.2) is 0 Å². The van der Waals surface area contributed by atoms with Gasteiger partial charge in [-0.2, -0.15) is 0 Å². The van der Waals surface area contributed by atoms with Gasteiger partial charge in [0.05, 0.1) is 7.11 Å². The number of nitrogens with zero attached hydrogens (tertiary/aromatic N) is 2. The molecule has 120 valence electrons. The van der Waals surface area contributed by atoms with Gasteiger partial charge in [-0.3, -0.25) is 4.79 Å².